The average Bonchev–Trinajstić information content (AvgIpc) is 3.12. The van der Waals surface area contributed by atoms with Crippen molar-refractivity contribution in [3.63, 3.8) is 0 Å². The molecule has 290 valence electrons. The summed E-state index contributed by atoms with van der Waals surface area (Å²) in [5, 5.41) is 52.9. The zero-order valence-electron chi connectivity index (χ0n) is 30.4. The van der Waals surface area contributed by atoms with E-state index in [0.29, 0.717) is 5.56 Å². The number of aliphatic hydroxyl groups excluding tert-OH is 1. The Morgan fingerprint density at radius 1 is 0.759 bits per heavy atom. The Kier molecular flexibility index (Phi) is 15.5. The van der Waals surface area contributed by atoms with Gasteiger partial charge in [0.15, 0.2) is 6.10 Å². The summed E-state index contributed by atoms with van der Waals surface area (Å²) in [6.07, 6.45) is -1.64. The number of aromatic carboxylic acids is 1. The number of nitrogens with two attached hydrogens (primary N) is 1. The smallest absolute Gasteiger partial charge is 0.335 e. The fraction of sp³-hybridized carbons (Fsp3) is 0.368. The highest BCUT2D eigenvalue weighted by Gasteiger charge is 2.34. The number of carbonyl (C=O) groups excluding carboxylic acids is 5. The lowest BCUT2D eigenvalue weighted by atomic mass is 9.97. The number of hydrogen-bond donors (Lipinski definition) is 10. The number of aromatic hydroxyl groups is 2. The van der Waals surface area contributed by atoms with E-state index in [1.165, 1.54) is 30.3 Å². The minimum atomic E-state index is -1.81. The molecule has 3 aromatic carbocycles. The van der Waals surface area contributed by atoms with Crippen molar-refractivity contribution >= 4 is 41.2 Å². The molecule has 3 aromatic rings. The molecule has 0 unspecified atom stereocenters. The van der Waals surface area contributed by atoms with Crippen LogP contribution < -0.4 is 32.3 Å². The van der Waals surface area contributed by atoms with E-state index in [1.807, 2.05) is 13.8 Å². The minimum Gasteiger partial charge on any atom is -0.508 e. The molecule has 0 radical (unpaired) electrons. The molecule has 5 atom stereocenters. The fourth-order valence-electron chi connectivity index (χ4n) is 5.38. The summed E-state index contributed by atoms with van der Waals surface area (Å²) in [6.45, 7) is 6.60. The van der Waals surface area contributed by atoms with Crippen LogP contribution in [-0.2, 0) is 25.6 Å². The van der Waals surface area contributed by atoms with Crippen LogP contribution in [0.2, 0.25) is 0 Å². The summed E-state index contributed by atoms with van der Waals surface area (Å²) in [4.78, 5) is 77.6. The number of aliphatic hydroxyl groups is 1. The molecule has 54 heavy (non-hydrogen) atoms. The Labute approximate surface area is 312 Å². The van der Waals surface area contributed by atoms with Crippen LogP contribution in [0.15, 0.2) is 72.8 Å². The number of nitrogens with one attached hydrogen (secondary N) is 5. The summed E-state index contributed by atoms with van der Waals surface area (Å²) in [5.74, 6) is -6.38. The number of rotatable bonds is 18. The first-order valence-corrected chi connectivity index (χ1v) is 17.3. The number of phenols is 2. The van der Waals surface area contributed by atoms with Crippen LogP contribution in [0, 0.1) is 11.8 Å². The Morgan fingerprint density at radius 3 is 2.07 bits per heavy atom. The summed E-state index contributed by atoms with van der Waals surface area (Å²) in [7, 11) is 0. The lowest BCUT2D eigenvalue weighted by Gasteiger charge is -2.29. The molecule has 3 rings (SSSR count). The maximum atomic E-state index is 13.8. The van der Waals surface area contributed by atoms with Gasteiger partial charge in [-0.2, -0.15) is 0 Å². The summed E-state index contributed by atoms with van der Waals surface area (Å²) in [6, 6.07) is 12.7. The first-order valence-electron chi connectivity index (χ1n) is 17.3. The fourth-order valence-corrected chi connectivity index (χ4v) is 5.38. The van der Waals surface area contributed by atoms with E-state index < -0.39 is 77.4 Å². The number of carboxylic acids is 1. The third-order valence-electron chi connectivity index (χ3n) is 8.28. The molecule has 16 nitrogen and oxygen atoms in total. The Hall–Kier alpha value is -6.00. The molecule has 0 aromatic heterocycles. The second-order valence-corrected chi connectivity index (χ2v) is 13.6. The third kappa shape index (κ3) is 12.6. The van der Waals surface area contributed by atoms with Crippen LogP contribution in [0.4, 0.5) is 5.69 Å². The van der Waals surface area contributed by atoms with E-state index in [2.05, 4.69) is 26.6 Å². The van der Waals surface area contributed by atoms with Gasteiger partial charge in [-0.25, -0.2) is 4.79 Å². The van der Waals surface area contributed by atoms with Crippen molar-refractivity contribution in [2.45, 2.75) is 70.8 Å². The number of benzene rings is 3. The van der Waals surface area contributed by atoms with Crippen LogP contribution >= 0.6 is 0 Å². The highest BCUT2D eigenvalue weighted by Crippen LogP contribution is 2.22. The summed E-state index contributed by atoms with van der Waals surface area (Å²) < 4.78 is 0. The maximum absolute atomic E-state index is 13.8. The van der Waals surface area contributed by atoms with Crippen LogP contribution in [0.3, 0.4) is 0 Å². The quantitative estimate of drug-likeness (QED) is 0.0828. The van der Waals surface area contributed by atoms with Crippen LogP contribution in [0.25, 0.3) is 0 Å². The standard InChI is InChI=1S/C38H48N6O10/c1-20(2)15-29(43-36(51)31(21(3)4)44-34(49)27(39)19-40-33(48)26-18-25(45)13-14-30(26)46)35(50)42-28(16-22-9-6-5-7-10-22)32(47)37(52)41-24-12-8-11-23(17-24)38(53)54/h5-14,17-18,20-21,27-29,31-32,45-47H,15-16,19,39H2,1-4H3,(H,40,48)(H,41,52)(H,42,50)(H,43,51)(H,44,49)(H,53,54)/t27-,28-,29-,31-,32+/m0/s1. The largest absolute Gasteiger partial charge is 0.508 e. The highest BCUT2D eigenvalue weighted by atomic mass is 16.4. The van der Waals surface area contributed by atoms with Gasteiger partial charge in [0.2, 0.25) is 17.7 Å². The van der Waals surface area contributed by atoms with Crippen LogP contribution in [0.5, 0.6) is 11.5 Å². The molecule has 11 N–H and O–H groups in total. The third-order valence-corrected chi connectivity index (χ3v) is 8.28. The number of amides is 5. The predicted octanol–water partition coefficient (Wildman–Crippen LogP) is 1.25. The predicted molar refractivity (Wildman–Crippen MR) is 198 cm³/mol. The number of phenolic OH excluding ortho intramolecular Hbond substituents is 2. The number of carboxylic acid groups (broad SMARTS) is 1. The molecule has 0 fully saturated rings. The van der Waals surface area contributed by atoms with Crippen molar-refractivity contribution in [3.8, 4) is 11.5 Å². The van der Waals surface area contributed by atoms with E-state index >= 15 is 0 Å². The van der Waals surface area contributed by atoms with Gasteiger partial charge >= 0.3 is 5.97 Å². The number of hydrogen-bond acceptors (Lipinski definition) is 10. The molecule has 0 aliphatic heterocycles. The summed E-state index contributed by atoms with van der Waals surface area (Å²) >= 11 is 0. The zero-order valence-corrected chi connectivity index (χ0v) is 30.4. The van der Waals surface area contributed by atoms with Crippen molar-refractivity contribution in [2.24, 2.45) is 17.6 Å². The normalized spacial score (nSPS) is 13.9. The second kappa shape index (κ2) is 19.7. The SMILES string of the molecule is CC(C)C[C@H](NC(=O)[C@@H](NC(=O)[C@@H](N)CNC(=O)c1cc(O)ccc1O)C(C)C)C(=O)N[C@@H](Cc1ccccc1)[C@@H](O)C(=O)Nc1cccc(C(=O)O)c1. The van der Waals surface area contributed by atoms with Crippen molar-refractivity contribution in [2.75, 3.05) is 11.9 Å². The molecule has 0 heterocycles. The lowest BCUT2D eigenvalue weighted by molar-refractivity contribution is -0.134. The summed E-state index contributed by atoms with van der Waals surface area (Å²) in [5.41, 5.74) is 6.48. The van der Waals surface area contributed by atoms with E-state index in [9.17, 15) is 49.2 Å². The van der Waals surface area contributed by atoms with Gasteiger partial charge in [-0.1, -0.05) is 64.1 Å². The van der Waals surface area contributed by atoms with Gasteiger partial charge < -0.3 is 52.7 Å². The van der Waals surface area contributed by atoms with Crippen LogP contribution in [-0.4, -0.2) is 92.7 Å². The molecule has 0 spiro atoms. The molecular formula is C38H48N6O10. The molecule has 0 aliphatic rings. The molecule has 0 aliphatic carbocycles. The van der Waals surface area contributed by atoms with E-state index in [1.54, 1.807) is 44.2 Å². The van der Waals surface area contributed by atoms with Gasteiger partial charge in [0.1, 0.15) is 29.6 Å². The van der Waals surface area contributed by atoms with E-state index in [-0.39, 0.29) is 47.9 Å². The Balaban J connectivity index is 1.74. The molecule has 0 saturated heterocycles. The van der Waals surface area contributed by atoms with Crippen molar-refractivity contribution in [1.29, 1.82) is 0 Å². The number of carbonyl (C=O) groups is 6. The van der Waals surface area contributed by atoms with Gasteiger partial charge in [-0.05, 0) is 66.6 Å². The topological polar surface area (TPSA) is 270 Å². The second-order valence-electron chi connectivity index (χ2n) is 13.6. The first-order chi connectivity index (χ1) is 25.5. The van der Waals surface area contributed by atoms with Gasteiger partial charge in [0.25, 0.3) is 11.8 Å². The van der Waals surface area contributed by atoms with Crippen molar-refractivity contribution in [1.82, 2.24) is 21.3 Å². The zero-order chi connectivity index (χ0) is 40.1. The molecule has 5 amide bonds. The minimum absolute atomic E-state index is 0.0167. The molecule has 0 saturated carbocycles. The number of anilines is 1. The first kappa shape index (κ1) is 42.4. The van der Waals surface area contributed by atoms with Crippen molar-refractivity contribution < 1.29 is 49.2 Å². The Bertz CT molecular complexity index is 1800. The average molecular weight is 749 g/mol. The monoisotopic (exact) mass is 748 g/mol. The Morgan fingerprint density at radius 2 is 1.44 bits per heavy atom. The van der Waals surface area contributed by atoms with Gasteiger partial charge in [0.05, 0.1) is 17.2 Å². The van der Waals surface area contributed by atoms with E-state index in [0.717, 1.165) is 12.1 Å². The maximum Gasteiger partial charge on any atom is 0.335 e. The molecule has 0 bridgehead atoms. The van der Waals surface area contributed by atoms with E-state index in [4.69, 9.17) is 5.73 Å². The van der Waals surface area contributed by atoms with Crippen LogP contribution in [0.1, 0.15) is 60.4 Å². The van der Waals surface area contributed by atoms with Gasteiger partial charge in [-0.3, -0.25) is 24.0 Å². The van der Waals surface area contributed by atoms with Crippen molar-refractivity contribution in [3.05, 3.63) is 89.5 Å². The van der Waals surface area contributed by atoms with Gasteiger partial charge in [-0.15, -0.1) is 0 Å². The highest BCUT2D eigenvalue weighted by molar-refractivity contribution is 5.99. The lowest BCUT2D eigenvalue weighted by Crippen LogP contribution is -2.60. The molecular weight excluding hydrogens is 700 g/mol. The van der Waals surface area contributed by atoms with Gasteiger partial charge in [0, 0.05) is 12.2 Å². The molecule has 16 heteroatoms.